The van der Waals surface area contributed by atoms with Gasteiger partial charge in [0.1, 0.15) is 11.6 Å². The first-order valence-corrected chi connectivity index (χ1v) is 8.67. The summed E-state index contributed by atoms with van der Waals surface area (Å²) in [6, 6.07) is 5.29. The van der Waals surface area contributed by atoms with Crippen molar-refractivity contribution < 1.29 is 19.1 Å². The normalized spacial score (nSPS) is 18.6. The van der Waals surface area contributed by atoms with Crippen molar-refractivity contribution in [3.8, 4) is 0 Å². The number of carbonyl (C=O) groups is 3. The van der Waals surface area contributed by atoms with Crippen LogP contribution in [0.1, 0.15) is 44.9 Å². The van der Waals surface area contributed by atoms with Gasteiger partial charge in [0.05, 0.1) is 6.04 Å². The van der Waals surface area contributed by atoms with Crippen molar-refractivity contribution in [2.45, 2.75) is 51.8 Å². The van der Waals surface area contributed by atoms with Gasteiger partial charge < -0.3 is 15.4 Å². The van der Waals surface area contributed by atoms with Crippen LogP contribution in [-0.4, -0.2) is 52.9 Å². The molecule has 1 heterocycles. The molecule has 7 nitrogen and oxygen atoms in total. The van der Waals surface area contributed by atoms with E-state index in [-0.39, 0.29) is 5.91 Å². The van der Waals surface area contributed by atoms with Gasteiger partial charge >= 0.3 is 6.09 Å². The van der Waals surface area contributed by atoms with E-state index in [9.17, 15) is 14.4 Å². The van der Waals surface area contributed by atoms with Crippen LogP contribution in [0.2, 0.25) is 0 Å². The summed E-state index contributed by atoms with van der Waals surface area (Å²) >= 11 is 0. The van der Waals surface area contributed by atoms with E-state index in [1.165, 1.54) is 11.8 Å². The van der Waals surface area contributed by atoms with Gasteiger partial charge in [-0.1, -0.05) is 24.3 Å². The van der Waals surface area contributed by atoms with Crippen LogP contribution in [0.4, 0.5) is 4.79 Å². The highest BCUT2D eigenvalue weighted by Gasteiger charge is 2.42. The third-order valence-corrected chi connectivity index (χ3v) is 4.15. The molecule has 0 saturated heterocycles. The Kier molecular flexibility index (Phi) is 5.71. The predicted octanol–water partition coefficient (Wildman–Crippen LogP) is 1.85. The number of nitrogens with zero attached hydrogens (tertiary/aromatic N) is 2. The highest BCUT2D eigenvalue weighted by atomic mass is 16.6. The van der Waals surface area contributed by atoms with Crippen molar-refractivity contribution in [1.82, 2.24) is 9.80 Å². The fourth-order valence-corrected chi connectivity index (χ4v) is 2.87. The number of likely N-dealkylation sites (N-methyl/N-ethyl adjacent to an activating group) is 1. The van der Waals surface area contributed by atoms with Crippen molar-refractivity contribution in [3.63, 3.8) is 0 Å². The predicted molar refractivity (Wildman–Crippen MR) is 97.3 cm³/mol. The molecule has 2 rings (SSSR count). The molecule has 1 aliphatic heterocycles. The van der Waals surface area contributed by atoms with Crippen molar-refractivity contribution in [2.24, 2.45) is 5.73 Å². The van der Waals surface area contributed by atoms with Crippen LogP contribution in [0.15, 0.2) is 24.3 Å². The molecule has 0 unspecified atom stereocenters. The summed E-state index contributed by atoms with van der Waals surface area (Å²) < 4.78 is 5.40. The molecular weight excluding hydrogens is 334 g/mol. The first-order chi connectivity index (χ1) is 12.0. The molecule has 2 N–H and O–H groups in total. The summed E-state index contributed by atoms with van der Waals surface area (Å²) in [6.07, 6.45) is -0.230. The Morgan fingerprint density at radius 3 is 2.50 bits per heavy atom. The van der Waals surface area contributed by atoms with E-state index in [2.05, 4.69) is 0 Å². The van der Waals surface area contributed by atoms with Crippen molar-refractivity contribution >= 4 is 17.9 Å². The lowest BCUT2D eigenvalue weighted by Gasteiger charge is -2.33. The zero-order valence-electron chi connectivity index (χ0n) is 16.0. The minimum Gasteiger partial charge on any atom is -0.443 e. The maximum atomic E-state index is 13.0. The monoisotopic (exact) mass is 361 g/mol. The van der Waals surface area contributed by atoms with Crippen molar-refractivity contribution in [2.75, 3.05) is 13.6 Å². The van der Waals surface area contributed by atoms with Gasteiger partial charge in [0.2, 0.25) is 11.8 Å². The summed E-state index contributed by atoms with van der Waals surface area (Å²) in [5.74, 6) is -0.988. The van der Waals surface area contributed by atoms with E-state index in [4.69, 9.17) is 10.5 Å². The highest BCUT2D eigenvalue weighted by Crippen LogP contribution is 2.31. The molecule has 0 saturated carbocycles. The number of hydrogen-bond acceptors (Lipinski definition) is 5. The van der Waals surface area contributed by atoms with Crippen LogP contribution in [0.5, 0.6) is 0 Å². The Hall–Kier alpha value is -2.41. The van der Waals surface area contributed by atoms with Crippen molar-refractivity contribution in [3.05, 3.63) is 35.4 Å². The van der Waals surface area contributed by atoms with Crippen LogP contribution < -0.4 is 5.73 Å². The molecule has 26 heavy (non-hydrogen) atoms. The molecule has 142 valence electrons. The van der Waals surface area contributed by atoms with Crippen molar-refractivity contribution in [1.29, 1.82) is 0 Å². The van der Waals surface area contributed by atoms with E-state index in [0.717, 1.165) is 10.5 Å². The Bertz CT molecular complexity index is 709. The Morgan fingerprint density at radius 2 is 1.92 bits per heavy atom. The van der Waals surface area contributed by atoms with E-state index in [0.29, 0.717) is 18.5 Å². The molecule has 0 fully saturated rings. The third kappa shape index (κ3) is 4.22. The Labute approximate surface area is 154 Å². The maximum Gasteiger partial charge on any atom is 0.418 e. The number of carbonyl (C=O) groups excluding carboxylic acids is 3. The lowest BCUT2D eigenvalue weighted by molar-refractivity contribution is -0.144. The standard InChI is InChI=1S/C19H27N3O4/c1-12(20)16(23)22(18(25)26-19(2,3)4)15-14-9-7-6-8-13(14)10-11-21(5)17(15)24/h6-9,12,15H,10-11,20H2,1-5H3/t12-,15-/m0/s1. The molecular formula is C19H27N3O4. The van der Waals surface area contributed by atoms with Crippen LogP contribution in [0.25, 0.3) is 0 Å². The molecule has 0 aromatic heterocycles. The zero-order chi connectivity index (χ0) is 19.6. The smallest absolute Gasteiger partial charge is 0.418 e. The van der Waals surface area contributed by atoms with Crippen LogP contribution in [-0.2, 0) is 20.7 Å². The second kappa shape index (κ2) is 7.45. The van der Waals surface area contributed by atoms with E-state index < -0.39 is 29.7 Å². The fraction of sp³-hybridized carbons (Fsp3) is 0.526. The molecule has 2 atom stereocenters. The number of amides is 3. The Balaban J connectivity index is 2.58. The van der Waals surface area contributed by atoms with Crippen LogP contribution >= 0.6 is 0 Å². The minimum atomic E-state index is -1.09. The average molecular weight is 361 g/mol. The summed E-state index contributed by atoms with van der Waals surface area (Å²) in [5, 5.41) is 0. The maximum absolute atomic E-state index is 13.0. The van der Waals surface area contributed by atoms with E-state index in [1.807, 2.05) is 12.1 Å². The van der Waals surface area contributed by atoms with Gasteiger partial charge in [0.25, 0.3) is 0 Å². The Morgan fingerprint density at radius 1 is 1.31 bits per heavy atom. The summed E-state index contributed by atoms with van der Waals surface area (Å²) in [7, 11) is 1.66. The topological polar surface area (TPSA) is 92.9 Å². The lowest BCUT2D eigenvalue weighted by Crippen LogP contribution is -2.52. The molecule has 0 spiro atoms. The van der Waals surface area contributed by atoms with Gasteiger partial charge in [-0.05, 0) is 45.2 Å². The summed E-state index contributed by atoms with van der Waals surface area (Å²) in [6.45, 7) is 7.09. The van der Waals surface area contributed by atoms with Gasteiger partial charge in [0, 0.05) is 13.6 Å². The molecule has 0 radical (unpaired) electrons. The lowest BCUT2D eigenvalue weighted by atomic mass is 9.97. The van der Waals surface area contributed by atoms with Crippen LogP contribution in [0, 0.1) is 0 Å². The number of ether oxygens (including phenoxy) is 1. The number of benzene rings is 1. The highest BCUT2D eigenvalue weighted by molar-refractivity contribution is 6.00. The molecule has 7 heteroatoms. The zero-order valence-corrected chi connectivity index (χ0v) is 16.0. The van der Waals surface area contributed by atoms with Gasteiger partial charge in [-0.3, -0.25) is 9.59 Å². The molecule has 1 aromatic rings. The third-order valence-electron chi connectivity index (χ3n) is 4.15. The quantitative estimate of drug-likeness (QED) is 0.868. The van der Waals surface area contributed by atoms with Gasteiger partial charge in [-0.15, -0.1) is 0 Å². The van der Waals surface area contributed by atoms with E-state index in [1.54, 1.807) is 40.0 Å². The van der Waals surface area contributed by atoms with Gasteiger partial charge in [-0.25, -0.2) is 9.69 Å². The molecule has 1 aliphatic rings. The molecule has 3 amide bonds. The van der Waals surface area contributed by atoms with Gasteiger partial charge in [-0.2, -0.15) is 0 Å². The second-order valence-corrected chi connectivity index (χ2v) is 7.59. The average Bonchev–Trinajstić information content (AvgIpc) is 2.65. The first-order valence-electron chi connectivity index (χ1n) is 8.67. The van der Waals surface area contributed by atoms with E-state index >= 15 is 0 Å². The minimum absolute atomic E-state index is 0.338. The second-order valence-electron chi connectivity index (χ2n) is 7.59. The number of fused-ring (bicyclic) bond motifs is 1. The molecule has 0 aliphatic carbocycles. The largest absolute Gasteiger partial charge is 0.443 e. The molecule has 0 bridgehead atoms. The van der Waals surface area contributed by atoms with Crippen LogP contribution in [0.3, 0.4) is 0 Å². The fourth-order valence-electron chi connectivity index (χ4n) is 2.87. The number of rotatable bonds is 2. The molecule has 1 aromatic carbocycles. The number of nitrogens with two attached hydrogens (primary N) is 1. The number of imide groups is 1. The summed E-state index contributed by atoms with van der Waals surface area (Å²) in [5.41, 5.74) is 6.49. The SMILES string of the molecule is C[C@H](N)C(=O)N(C(=O)OC(C)(C)C)[C@@H]1C(=O)N(C)CCc2ccccc21. The summed E-state index contributed by atoms with van der Waals surface area (Å²) in [4.78, 5) is 41.0. The number of hydrogen-bond donors (Lipinski definition) is 1. The van der Waals surface area contributed by atoms with Gasteiger partial charge in [0.15, 0.2) is 0 Å². The first kappa shape index (κ1) is 19.9.